The number of carbonyl (C=O) groups is 2. The van der Waals surface area contributed by atoms with Gasteiger partial charge in [0, 0.05) is 25.1 Å². The number of aldehydes is 1. The first-order chi connectivity index (χ1) is 15.5. The smallest absolute Gasteiger partial charge is 0.200 e. The minimum Gasteiger partial charge on any atom is -0.507 e. The molecule has 32 heavy (non-hydrogen) atoms. The molecule has 166 valence electrons. The number of nitrogens with zero attached hydrogens (tertiary/aromatic N) is 1. The van der Waals surface area contributed by atoms with Crippen molar-refractivity contribution in [2.24, 2.45) is 0 Å². The maximum absolute atomic E-state index is 13.1. The van der Waals surface area contributed by atoms with Crippen LogP contribution in [0.15, 0.2) is 45.6 Å². The van der Waals surface area contributed by atoms with Gasteiger partial charge in [0.25, 0.3) is 0 Å². The van der Waals surface area contributed by atoms with E-state index in [1.54, 1.807) is 31.2 Å². The van der Waals surface area contributed by atoms with Crippen molar-refractivity contribution >= 4 is 23.0 Å². The van der Waals surface area contributed by atoms with Crippen LogP contribution in [0, 0.1) is 6.92 Å². The second-order valence-electron chi connectivity index (χ2n) is 7.91. The molecule has 2 aromatic carbocycles. The van der Waals surface area contributed by atoms with Gasteiger partial charge >= 0.3 is 0 Å². The molecule has 4 rings (SSSR count). The highest BCUT2D eigenvalue weighted by molar-refractivity contribution is 5.99. The Labute approximate surface area is 185 Å². The highest BCUT2D eigenvalue weighted by Crippen LogP contribution is 2.29. The number of Topliss-reactive ketones (excluding diaryl/α,β-unsaturated/α-hetero) is 1. The number of carbonyl (C=O) groups excluding carboxylic acids is 2. The van der Waals surface area contributed by atoms with Gasteiger partial charge in [-0.2, -0.15) is 0 Å². The quantitative estimate of drug-likeness (QED) is 0.447. The molecule has 0 bridgehead atoms. The Morgan fingerprint density at radius 2 is 1.84 bits per heavy atom. The van der Waals surface area contributed by atoms with E-state index >= 15 is 0 Å². The van der Waals surface area contributed by atoms with Crippen LogP contribution in [0.4, 0.5) is 0 Å². The van der Waals surface area contributed by atoms with Gasteiger partial charge in [-0.05, 0) is 37.6 Å². The van der Waals surface area contributed by atoms with Crippen molar-refractivity contribution in [2.75, 3.05) is 32.8 Å². The number of ketones is 1. The summed E-state index contributed by atoms with van der Waals surface area (Å²) in [7, 11) is 0. The van der Waals surface area contributed by atoms with Gasteiger partial charge in [0.05, 0.1) is 29.7 Å². The van der Waals surface area contributed by atoms with Crippen molar-refractivity contribution in [3.8, 4) is 16.9 Å². The third kappa shape index (κ3) is 4.35. The van der Waals surface area contributed by atoms with Crippen molar-refractivity contribution in [3.63, 3.8) is 0 Å². The molecule has 0 amide bonds. The van der Waals surface area contributed by atoms with Crippen LogP contribution in [0.1, 0.15) is 39.3 Å². The van der Waals surface area contributed by atoms with Crippen molar-refractivity contribution in [2.45, 2.75) is 19.8 Å². The number of phenolic OH excluding ortho intramolecular Hbond substituents is 1. The molecule has 1 aliphatic heterocycles. The summed E-state index contributed by atoms with van der Waals surface area (Å²) >= 11 is 0. The summed E-state index contributed by atoms with van der Waals surface area (Å²) in [5, 5.41) is 10.1. The topological polar surface area (TPSA) is 97.0 Å². The van der Waals surface area contributed by atoms with Crippen molar-refractivity contribution in [1.82, 2.24) is 4.90 Å². The Bertz CT molecular complexity index is 1210. The molecular formula is C25H25NO6. The van der Waals surface area contributed by atoms with E-state index in [1.165, 1.54) is 12.1 Å². The second-order valence-corrected chi connectivity index (χ2v) is 7.91. The minimum atomic E-state index is -0.295. The van der Waals surface area contributed by atoms with Crippen molar-refractivity contribution in [1.29, 1.82) is 0 Å². The van der Waals surface area contributed by atoms with E-state index in [1.807, 2.05) is 0 Å². The predicted octanol–water partition coefficient (Wildman–Crippen LogP) is 3.58. The largest absolute Gasteiger partial charge is 0.507 e. The number of phenols is 1. The van der Waals surface area contributed by atoms with Crippen LogP contribution in [0.2, 0.25) is 0 Å². The fourth-order valence-corrected chi connectivity index (χ4v) is 4.08. The summed E-state index contributed by atoms with van der Waals surface area (Å²) < 4.78 is 11.1. The molecule has 0 atom stereocenters. The first-order valence-corrected chi connectivity index (χ1v) is 10.7. The highest BCUT2D eigenvalue weighted by atomic mass is 16.5. The monoisotopic (exact) mass is 435 g/mol. The molecule has 7 nitrogen and oxygen atoms in total. The van der Waals surface area contributed by atoms with Crippen LogP contribution in [0.25, 0.3) is 22.1 Å². The predicted molar refractivity (Wildman–Crippen MR) is 121 cm³/mol. The fourth-order valence-electron chi connectivity index (χ4n) is 4.08. The summed E-state index contributed by atoms with van der Waals surface area (Å²) in [4.78, 5) is 39.3. The summed E-state index contributed by atoms with van der Waals surface area (Å²) in [5.74, 6) is 0.165. The second kappa shape index (κ2) is 9.46. The lowest BCUT2D eigenvalue weighted by atomic mass is 9.98. The molecule has 1 aliphatic rings. The third-order valence-electron chi connectivity index (χ3n) is 5.85. The average Bonchev–Trinajstić information content (AvgIpc) is 2.80. The molecule has 0 spiro atoms. The van der Waals surface area contributed by atoms with Gasteiger partial charge in [0.2, 0.25) is 5.43 Å². The lowest BCUT2D eigenvalue weighted by Crippen LogP contribution is -2.36. The molecule has 3 aromatic rings. The number of hydrogen-bond acceptors (Lipinski definition) is 7. The number of morpholine rings is 1. The first kappa shape index (κ1) is 21.9. The van der Waals surface area contributed by atoms with Crippen LogP contribution >= 0.6 is 0 Å². The van der Waals surface area contributed by atoms with E-state index in [2.05, 4.69) is 4.90 Å². The number of fused-ring (bicyclic) bond motifs is 1. The Hall–Kier alpha value is -3.29. The van der Waals surface area contributed by atoms with Gasteiger partial charge in [-0.1, -0.05) is 24.3 Å². The van der Waals surface area contributed by atoms with E-state index in [-0.39, 0.29) is 33.5 Å². The average molecular weight is 435 g/mol. The third-order valence-corrected chi connectivity index (χ3v) is 5.85. The number of hydrogen-bond donors (Lipinski definition) is 1. The molecule has 0 saturated carbocycles. The number of aromatic hydroxyl groups is 1. The van der Waals surface area contributed by atoms with Crippen molar-refractivity contribution < 1.29 is 23.8 Å². The van der Waals surface area contributed by atoms with Gasteiger partial charge in [0.15, 0.2) is 17.7 Å². The number of aryl methyl sites for hydroxylation is 1. The summed E-state index contributed by atoms with van der Waals surface area (Å²) in [6.07, 6.45) is 1.73. The summed E-state index contributed by atoms with van der Waals surface area (Å²) in [6, 6.07) is 9.68. The molecule has 1 saturated heterocycles. The lowest BCUT2D eigenvalue weighted by Gasteiger charge is -2.26. The molecule has 1 aromatic heterocycles. The van der Waals surface area contributed by atoms with Gasteiger partial charge in [0.1, 0.15) is 11.5 Å². The van der Waals surface area contributed by atoms with Gasteiger partial charge in [-0.25, -0.2) is 0 Å². The van der Waals surface area contributed by atoms with Crippen LogP contribution in [-0.4, -0.2) is 54.9 Å². The molecule has 0 aliphatic carbocycles. The Morgan fingerprint density at radius 3 is 2.53 bits per heavy atom. The Morgan fingerprint density at radius 1 is 1.12 bits per heavy atom. The van der Waals surface area contributed by atoms with E-state index in [9.17, 15) is 19.5 Å². The molecule has 7 heteroatoms. The highest BCUT2D eigenvalue weighted by Gasteiger charge is 2.18. The van der Waals surface area contributed by atoms with Crippen LogP contribution in [0.5, 0.6) is 5.75 Å². The minimum absolute atomic E-state index is 0.0488. The zero-order chi connectivity index (χ0) is 22.7. The van der Waals surface area contributed by atoms with Crippen LogP contribution < -0.4 is 5.43 Å². The summed E-state index contributed by atoms with van der Waals surface area (Å²) in [6.45, 7) is 5.82. The number of ether oxygens (including phenoxy) is 1. The molecule has 0 unspecified atom stereocenters. The number of benzene rings is 2. The normalized spacial score (nSPS) is 14.5. The molecule has 2 heterocycles. The summed E-state index contributed by atoms with van der Waals surface area (Å²) in [5.41, 5.74) is 1.32. The molecule has 1 fully saturated rings. The van der Waals surface area contributed by atoms with E-state index < -0.39 is 0 Å². The van der Waals surface area contributed by atoms with E-state index in [0.717, 1.165) is 39.3 Å². The zero-order valence-electron chi connectivity index (χ0n) is 17.9. The zero-order valence-corrected chi connectivity index (χ0v) is 17.9. The maximum atomic E-state index is 13.1. The maximum Gasteiger partial charge on any atom is 0.200 e. The Kier molecular flexibility index (Phi) is 6.48. The van der Waals surface area contributed by atoms with Gasteiger partial charge in [-0.3, -0.25) is 19.3 Å². The molecule has 0 radical (unpaired) electrons. The van der Waals surface area contributed by atoms with E-state index in [4.69, 9.17) is 9.15 Å². The molecule has 1 N–H and O–H groups in total. The van der Waals surface area contributed by atoms with Gasteiger partial charge in [-0.15, -0.1) is 0 Å². The van der Waals surface area contributed by atoms with Crippen LogP contribution in [-0.2, 0) is 4.74 Å². The SMILES string of the molecule is Cc1oc2c(C=O)c(O)ccc2c(=O)c1-c1ccc(C(=O)CCCN2CCOCC2)cc1. The molecular weight excluding hydrogens is 410 g/mol. The lowest BCUT2D eigenvalue weighted by molar-refractivity contribution is 0.0371. The van der Waals surface area contributed by atoms with Crippen LogP contribution in [0.3, 0.4) is 0 Å². The Balaban J connectivity index is 1.53. The first-order valence-electron chi connectivity index (χ1n) is 10.7. The van der Waals surface area contributed by atoms with Gasteiger partial charge < -0.3 is 14.3 Å². The fraction of sp³-hybridized carbons (Fsp3) is 0.320. The van der Waals surface area contributed by atoms with E-state index in [0.29, 0.717) is 35.2 Å². The number of rotatable bonds is 7. The van der Waals surface area contributed by atoms with Crippen molar-refractivity contribution in [3.05, 3.63) is 63.5 Å². The standard InChI is InChI=1S/C25H25NO6/c1-16-23(24(30)19-8-9-22(29)20(15-27)25(19)32-16)18-6-4-17(5-7-18)21(28)3-2-10-26-11-13-31-14-12-26/h4-9,15,29H,2-3,10-14H2,1H3.